The smallest absolute Gasteiger partial charge is 0.463 e. The second-order valence-corrected chi connectivity index (χ2v) is 15.0. The highest BCUT2D eigenvalue weighted by Crippen LogP contribution is 2.32. The first-order valence-corrected chi connectivity index (χ1v) is 21.8. The minimum atomic E-state index is -0.879. The molecule has 2 fully saturated rings. The van der Waals surface area contributed by atoms with E-state index < -0.39 is 69.2 Å². The first-order valence-electron chi connectivity index (χ1n) is 19.0. The Morgan fingerprint density at radius 2 is 1.15 bits per heavy atom. The highest BCUT2D eigenvalue weighted by atomic mass is 35.5. The number of halogens is 4. The van der Waals surface area contributed by atoms with Gasteiger partial charge in [0.1, 0.15) is 56.4 Å². The Hall–Kier alpha value is -3.90. The number of aryl methyl sites for hydroxylation is 1. The van der Waals surface area contributed by atoms with Crippen LogP contribution in [-0.4, -0.2) is 162 Å². The normalized spacial score (nSPS) is 17.3. The summed E-state index contributed by atoms with van der Waals surface area (Å²) in [6.45, 7) is 5.40. The number of esters is 1. The number of carbonyl (C=O) groups is 4. The number of hydrogen-bond donors (Lipinski definition) is 2. The summed E-state index contributed by atoms with van der Waals surface area (Å²) < 4.78 is 83.9. The third-order valence-corrected chi connectivity index (χ3v) is 9.86. The summed E-state index contributed by atoms with van der Waals surface area (Å²) in [5.41, 5.74) is 1.38. The lowest BCUT2D eigenvalue weighted by Crippen LogP contribution is -2.30. The van der Waals surface area contributed by atoms with Crippen LogP contribution < -0.4 is 17.1 Å². The zero-order valence-electron chi connectivity index (χ0n) is 34.6. The van der Waals surface area contributed by atoms with E-state index in [1.54, 1.807) is 6.92 Å². The molecule has 2 aliphatic heterocycles. The first kappa shape index (κ1) is 59.1. The molecule has 370 valence electrons. The summed E-state index contributed by atoms with van der Waals surface area (Å²) in [5.74, 6) is -1.29. The number of nitrogens with two attached hydrogens (primary N) is 1. The summed E-state index contributed by atoms with van der Waals surface area (Å²) in [5, 5.41) is 8.86. The molecule has 0 radical (unpaired) electrons. The van der Waals surface area contributed by atoms with Crippen LogP contribution in [0.25, 0.3) is 0 Å². The molecule has 2 aliphatic rings. The minimum Gasteiger partial charge on any atom is -0.463 e. The number of rotatable bonds is 24. The Morgan fingerprint density at radius 1 is 0.723 bits per heavy atom. The maximum atomic E-state index is 13.9. The molecule has 2 aromatic rings. The lowest BCUT2D eigenvalue weighted by atomic mass is 10.3. The predicted octanol–water partition coefficient (Wildman–Crippen LogP) is 3.23. The summed E-state index contributed by atoms with van der Waals surface area (Å²) in [4.78, 5) is 72.9. The summed E-state index contributed by atoms with van der Waals surface area (Å²) >= 11 is 12.5. The molecule has 0 amide bonds. The second kappa shape index (κ2) is 34.4. The number of aliphatic hydroxyl groups is 1. The highest BCUT2D eigenvalue weighted by Gasteiger charge is 2.30. The Labute approximate surface area is 390 Å². The van der Waals surface area contributed by atoms with E-state index in [1.807, 2.05) is 0 Å². The van der Waals surface area contributed by atoms with Gasteiger partial charge in [-0.15, -0.1) is 23.5 Å². The Morgan fingerprint density at radius 3 is 1.62 bits per heavy atom. The largest absolute Gasteiger partial charge is 0.508 e. The number of aromatic nitrogens is 4. The number of hydrogen-bond acceptors (Lipinski definition) is 23. The van der Waals surface area contributed by atoms with Crippen molar-refractivity contribution in [1.29, 1.82) is 0 Å². The molecule has 29 heteroatoms. The predicted molar refractivity (Wildman–Crippen MR) is 229 cm³/mol. The van der Waals surface area contributed by atoms with E-state index in [1.165, 1.54) is 30.4 Å². The van der Waals surface area contributed by atoms with Gasteiger partial charge in [0.05, 0.1) is 71.4 Å². The maximum Gasteiger partial charge on any atom is 0.508 e. The molecule has 65 heavy (non-hydrogen) atoms. The van der Waals surface area contributed by atoms with E-state index in [2.05, 4.69) is 19.4 Å². The Bertz CT molecular complexity index is 1840. The maximum absolute atomic E-state index is 13.9. The van der Waals surface area contributed by atoms with Gasteiger partial charge in [0.25, 0.3) is 0 Å². The summed E-state index contributed by atoms with van der Waals surface area (Å²) in [6, 6.07) is 0. The van der Waals surface area contributed by atoms with Gasteiger partial charge in [0.15, 0.2) is 17.5 Å². The molecule has 23 nitrogen and oxygen atoms in total. The van der Waals surface area contributed by atoms with E-state index >= 15 is 0 Å². The monoisotopic (exact) mass is 1020 g/mol. The number of nitrogens with zero attached hydrogens (tertiary/aromatic N) is 4. The number of ether oxygens (including phenoxy) is 11. The van der Waals surface area contributed by atoms with E-state index in [4.69, 9.17) is 76.7 Å². The van der Waals surface area contributed by atoms with Crippen molar-refractivity contribution < 1.29 is 85.2 Å². The van der Waals surface area contributed by atoms with Crippen LogP contribution >= 0.6 is 46.7 Å². The first-order chi connectivity index (χ1) is 30.6. The van der Waals surface area contributed by atoms with Crippen molar-refractivity contribution in [3.8, 4) is 0 Å². The van der Waals surface area contributed by atoms with E-state index in [0.717, 1.165) is 21.5 Å². The van der Waals surface area contributed by atoms with Crippen molar-refractivity contribution in [1.82, 2.24) is 19.1 Å². The number of thioether (sulfide) groups is 2. The van der Waals surface area contributed by atoms with Crippen LogP contribution in [0, 0.1) is 11.6 Å². The molecule has 2 saturated heterocycles. The number of nitrogen functional groups attached to an aromatic ring is 1. The zero-order chi connectivity index (χ0) is 47.3. The molecule has 0 spiro atoms. The Kier molecular flexibility index (Phi) is 31.3. The quantitative estimate of drug-likeness (QED) is 0.0660. The summed E-state index contributed by atoms with van der Waals surface area (Å²) in [7, 11) is 0. The van der Waals surface area contributed by atoms with Crippen molar-refractivity contribution in [2.24, 2.45) is 0 Å². The van der Waals surface area contributed by atoms with Crippen LogP contribution in [0.2, 0.25) is 0 Å². The average Bonchev–Trinajstić information content (AvgIpc) is 3.94. The van der Waals surface area contributed by atoms with Crippen LogP contribution in [-0.2, 0) is 63.3 Å². The fourth-order valence-corrected chi connectivity index (χ4v) is 6.64. The molecule has 3 N–H and O–H groups in total. The molecule has 0 bridgehead atoms. The van der Waals surface area contributed by atoms with Gasteiger partial charge >= 0.3 is 34.4 Å². The third-order valence-electron chi connectivity index (χ3n) is 7.43. The third kappa shape index (κ3) is 25.6. The standard InChI is InChI=1S/C19H27FN2O9S.C8H12Cl2O6.C8H10FN3O3S.CH4/c1-3-15-14(20)10-22(18(24)21-15)16-12-32-17(31-16)11-30-19(25)29-9-7-27-5-4-26-6-8-28-13(2)23;9-7(11)15-5-3-13-1-2-14-4-6-16-8(10)12;9-4-1-12(8(14)11-7(4)10)5-3-16-6(2-13)15-5;/h10,16-17H,3-9,11-12H2,1-2H3;1-6H2;1,5-6,13H,2-3H2,(H2,10,11,14);1H4. The van der Waals surface area contributed by atoms with Crippen molar-refractivity contribution >= 4 is 75.5 Å². The van der Waals surface area contributed by atoms with Gasteiger partial charge in [-0.1, -0.05) is 14.4 Å². The Balaban J connectivity index is 0.000000537. The fourth-order valence-electron chi connectivity index (χ4n) is 4.57. The van der Waals surface area contributed by atoms with Crippen molar-refractivity contribution in [3.63, 3.8) is 0 Å². The molecular weight excluding hydrogens is 963 g/mol. The van der Waals surface area contributed by atoms with Gasteiger partial charge in [0.2, 0.25) is 0 Å². The second-order valence-electron chi connectivity index (χ2n) is 12.0. The van der Waals surface area contributed by atoms with Crippen LogP contribution in [0.5, 0.6) is 0 Å². The van der Waals surface area contributed by atoms with E-state index in [9.17, 15) is 37.5 Å². The van der Waals surface area contributed by atoms with Crippen molar-refractivity contribution in [2.45, 2.75) is 51.0 Å². The van der Waals surface area contributed by atoms with Gasteiger partial charge in [-0.25, -0.2) is 32.8 Å². The van der Waals surface area contributed by atoms with Crippen LogP contribution in [0.1, 0.15) is 39.4 Å². The van der Waals surface area contributed by atoms with Gasteiger partial charge in [-0.05, 0) is 6.42 Å². The fraction of sp³-hybridized carbons (Fsp3) is 0.667. The molecule has 0 aliphatic carbocycles. The van der Waals surface area contributed by atoms with Crippen molar-refractivity contribution in [3.05, 3.63) is 50.7 Å². The van der Waals surface area contributed by atoms with Crippen LogP contribution in [0.3, 0.4) is 0 Å². The molecule has 2 aromatic heterocycles. The summed E-state index contributed by atoms with van der Waals surface area (Å²) in [6.07, 6.45) is 0.178. The molecule has 4 heterocycles. The topological polar surface area (TPSA) is 286 Å². The SMILES string of the molecule is C.CCc1nc(=O)n(C2CSC(COC(=O)OCCOCCOCCOC(C)=O)O2)cc1F.Nc1nc(=O)n(C2CSC(CO)O2)cc1F.O=C(Cl)OCCOCCOCCOC(=O)Cl. The average molecular weight is 1020 g/mol. The van der Waals surface area contributed by atoms with Gasteiger partial charge in [-0.2, -0.15) is 9.97 Å². The lowest BCUT2D eigenvalue weighted by molar-refractivity contribution is -0.142. The molecule has 4 atom stereocenters. The van der Waals surface area contributed by atoms with Gasteiger partial charge in [-0.3, -0.25) is 13.9 Å². The number of anilines is 1. The molecule has 0 saturated carbocycles. The molecule has 0 aromatic carbocycles. The lowest BCUT2D eigenvalue weighted by Gasteiger charge is -2.15. The van der Waals surface area contributed by atoms with E-state index in [-0.39, 0.29) is 85.2 Å². The van der Waals surface area contributed by atoms with E-state index in [0.29, 0.717) is 44.4 Å². The molecular formula is C36H53Cl2F2N5O18S2. The molecule has 4 rings (SSSR count). The van der Waals surface area contributed by atoms with Crippen LogP contribution in [0.4, 0.5) is 29.0 Å². The van der Waals surface area contributed by atoms with Crippen molar-refractivity contribution in [2.75, 3.05) is 110 Å². The zero-order valence-corrected chi connectivity index (χ0v) is 37.7. The van der Waals surface area contributed by atoms with Gasteiger partial charge in [0, 0.05) is 47.8 Å². The van der Waals surface area contributed by atoms with Crippen LogP contribution in [0.15, 0.2) is 22.0 Å². The highest BCUT2D eigenvalue weighted by molar-refractivity contribution is 8.00. The van der Waals surface area contributed by atoms with Gasteiger partial charge < -0.3 is 62.9 Å². The minimum absolute atomic E-state index is 0. The number of aliphatic hydroxyl groups excluding tert-OH is 1. The molecule has 4 unspecified atom stereocenters. The number of carbonyl (C=O) groups excluding carboxylic acids is 4.